The van der Waals surface area contributed by atoms with Crippen molar-refractivity contribution >= 4 is 16.4 Å². The molecule has 0 aliphatic heterocycles. The van der Waals surface area contributed by atoms with Crippen LogP contribution in [-0.4, -0.2) is 28.3 Å². The first-order valence-corrected chi connectivity index (χ1v) is 10.2. The summed E-state index contributed by atoms with van der Waals surface area (Å²) in [7, 11) is -3.71. The molecule has 0 heterocycles. The molecule has 18 heavy (non-hydrogen) atoms. The van der Waals surface area contributed by atoms with Gasteiger partial charge in [-0.2, -0.15) is 0 Å². The zero-order valence-electron chi connectivity index (χ0n) is 10.6. The maximum absolute atomic E-state index is 12.8. The van der Waals surface area contributed by atoms with Crippen LogP contribution < -0.4 is 0 Å². The molecule has 0 spiro atoms. The van der Waals surface area contributed by atoms with E-state index < -0.39 is 22.2 Å². The molecule has 7 heteroatoms. The minimum absolute atomic E-state index is 0.0277. The summed E-state index contributed by atoms with van der Waals surface area (Å²) in [5, 5.41) is 0. The average Bonchev–Trinajstić information content (AvgIpc) is 2.30. The molecule has 0 radical (unpaired) electrons. The van der Waals surface area contributed by atoms with Crippen LogP contribution >= 0.6 is 6.92 Å². The van der Waals surface area contributed by atoms with Crippen LogP contribution in [0.4, 0.5) is 4.39 Å². The average molecular weight is 296 g/mol. The van der Waals surface area contributed by atoms with Crippen molar-refractivity contribution in [3.8, 4) is 0 Å². The predicted octanol–water partition coefficient (Wildman–Crippen LogP) is 2.80. The number of rotatable bonds is 6. The van der Waals surface area contributed by atoms with Gasteiger partial charge in [0.15, 0.2) is 0 Å². The Bertz CT molecular complexity index is 480. The second kappa shape index (κ2) is 6.06. The topological polar surface area (TPSA) is 52.6 Å². The molecule has 104 valence electrons. The fourth-order valence-corrected chi connectivity index (χ4v) is 7.24. The van der Waals surface area contributed by atoms with E-state index in [0.717, 1.165) is 12.1 Å². The van der Waals surface area contributed by atoms with E-state index in [9.17, 15) is 12.8 Å². The zero-order chi connectivity index (χ0) is 13.8. The first-order chi connectivity index (χ1) is 8.37. The van der Waals surface area contributed by atoms with Gasteiger partial charge in [-0.25, -0.2) is 0 Å². The molecule has 0 N–H and O–H groups in total. The number of halogens is 1. The van der Waals surface area contributed by atoms with Crippen molar-refractivity contribution in [2.45, 2.75) is 18.7 Å². The van der Waals surface area contributed by atoms with Gasteiger partial charge < -0.3 is 0 Å². The Morgan fingerprint density at radius 2 is 1.56 bits per heavy atom. The van der Waals surface area contributed by atoms with Gasteiger partial charge in [0.05, 0.1) is 0 Å². The van der Waals surface area contributed by atoms with Gasteiger partial charge in [0.25, 0.3) is 0 Å². The van der Waals surface area contributed by atoms with E-state index in [2.05, 4.69) is 0 Å². The summed E-state index contributed by atoms with van der Waals surface area (Å²) in [5.41, 5.74) is 0. The van der Waals surface area contributed by atoms with Gasteiger partial charge in [-0.1, -0.05) is 0 Å². The number of benzene rings is 1. The molecule has 1 aromatic carbocycles. The van der Waals surface area contributed by atoms with Gasteiger partial charge in [-0.15, -0.1) is 0 Å². The second-order valence-electron chi connectivity index (χ2n) is 3.69. The maximum atomic E-state index is 12.8. The van der Waals surface area contributed by atoms with Gasteiger partial charge in [-0.05, 0) is 0 Å². The fraction of sp³-hybridized carbons (Fsp3) is 0.455. The van der Waals surface area contributed by atoms with Crippen LogP contribution in [-0.2, 0) is 18.5 Å². The Morgan fingerprint density at radius 3 is 1.94 bits per heavy atom. The monoisotopic (exact) mass is 296 g/mol. The molecule has 0 saturated heterocycles. The van der Waals surface area contributed by atoms with Crippen LogP contribution in [0.2, 0.25) is 0 Å². The molecule has 0 aliphatic carbocycles. The van der Waals surface area contributed by atoms with E-state index in [0.29, 0.717) is 0 Å². The van der Waals surface area contributed by atoms with E-state index in [1.165, 1.54) is 18.8 Å². The molecule has 0 aromatic heterocycles. The summed E-state index contributed by atoms with van der Waals surface area (Å²) < 4.78 is 48.4. The van der Waals surface area contributed by atoms with Crippen molar-refractivity contribution in [1.29, 1.82) is 0 Å². The van der Waals surface area contributed by atoms with Gasteiger partial charge >= 0.3 is 107 Å². The van der Waals surface area contributed by atoms with Crippen LogP contribution in [0.1, 0.15) is 13.8 Å². The van der Waals surface area contributed by atoms with Crippen molar-refractivity contribution < 1.29 is 21.9 Å². The Balaban J connectivity index is 3.21. The normalized spacial score (nSPS) is 13.6. The van der Waals surface area contributed by atoms with Crippen LogP contribution in [0, 0.1) is 5.82 Å². The predicted molar refractivity (Wildman–Crippen MR) is 71.1 cm³/mol. The van der Waals surface area contributed by atoms with Crippen LogP contribution in [0.3, 0.4) is 0 Å². The second-order valence-corrected chi connectivity index (χ2v) is 11.3. The van der Waals surface area contributed by atoms with E-state index in [1.807, 2.05) is 0 Å². The third kappa shape index (κ3) is 3.06. The first-order valence-electron chi connectivity index (χ1n) is 5.65. The molecule has 1 aromatic rings. The number of hydrogen-bond acceptors (Lipinski definition) is 4. The van der Waals surface area contributed by atoms with Gasteiger partial charge in [-0.3, -0.25) is 0 Å². The van der Waals surface area contributed by atoms with Crippen LogP contribution in [0.5, 0.6) is 0 Å². The Morgan fingerprint density at radius 1 is 1.11 bits per heavy atom. The van der Waals surface area contributed by atoms with Crippen molar-refractivity contribution in [3.63, 3.8) is 0 Å². The summed E-state index contributed by atoms with van der Waals surface area (Å²) in [5.74, 6) is -0.481. The first kappa shape index (κ1) is 15.5. The molecule has 0 saturated carbocycles. The van der Waals surface area contributed by atoms with Gasteiger partial charge in [0.2, 0.25) is 0 Å². The van der Waals surface area contributed by atoms with Crippen molar-refractivity contribution in [2.24, 2.45) is 0 Å². The van der Waals surface area contributed by atoms with Crippen LogP contribution in [0.25, 0.3) is 0 Å². The summed E-state index contributed by atoms with van der Waals surface area (Å²) in [6.45, 7) is 2.03. The van der Waals surface area contributed by atoms with Crippen LogP contribution in [0.15, 0.2) is 29.2 Å². The van der Waals surface area contributed by atoms with Crippen molar-refractivity contribution in [1.82, 2.24) is 0 Å². The summed E-state index contributed by atoms with van der Waals surface area (Å²) >= 11 is 0. The standard InChI is InChI=1S/C11H18FO4PS/c1-4-15-17(3,16-5-2)18(13,14)11-8-6-10(12)7-9-11/h6-9,17H,4-5H2,1-3H3. The molecular weight excluding hydrogens is 278 g/mol. The summed E-state index contributed by atoms with van der Waals surface area (Å²) in [6.07, 6.45) is 0. The molecule has 4 nitrogen and oxygen atoms in total. The minimum atomic E-state index is -3.71. The number of hydrogen-bond donors (Lipinski definition) is 0. The van der Waals surface area contributed by atoms with Crippen molar-refractivity contribution in [3.05, 3.63) is 30.1 Å². The van der Waals surface area contributed by atoms with E-state index >= 15 is 0 Å². The Labute approximate surface area is 107 Å². The van der Waals surface area contributed by atoms with E-state index in [1.54, 1.807) is 13.8 Å². The zero-order valence-corrected chi connectivity index (χ0v) is 12.5. The third-order valence-corrected chi connectivity index (χ3v) is 10.3. The summed E-state index contributed by atoms with van der Waals surface area (Å²) in [4.78, 5) is 0.0277. The molecule has 0 atom stereocenters. The molecule has 0 aliphatic rings. The quantitative estimate of drug-likeness (QED) is 0.757. The fourth-order valence-electron chi connectivity index (χ4n) is 1.55. The van der Waals surface area contributed by atoms with E-state index in [4.69, 9.17) is 9.05 Å². The summed E-state index contributed by atoms with van der Waals surface area (Å²) in [6, 6.07) is 4.68. The van der Waals surface area contributed by atoms with Gasteiger partial charge in [0.1, 0.15) is 0 Å². The SMILES string of the molecule is CCO[PH](C)(OCC)S(=O)(=O)c1ccc(F)cc1. The molecule has 0 bridgehead atoms. The Kier molecular flexibility index (Phi) is 5.22. The molecule has 0 unspecified atom stereocenters. The van der Waals surface area contributed by atoms with Gasteiger partial charge in [0, 0.05) is 0 Å². The Hall–Kier alpha value is -0.550. The molecular formula is C11H18FO4PS. The van der Waals surface area contributed by atoms with Crippen molar-refractivity contribution in [2.75, 3.05) is 19.9 Å². The van der Waals surface area contributed by atoms with E-state index in [-0.39, 0.29) is 18.1 Å². The molecule has 0 amide bonds. The molecule has 0 fully saturated rings. The third-order valence-electron chi connectivity index (χ3n) is 2.43. The molecule has 1 rings (SSSR count).